The summed E-state index contributed by atoms with van der Waals surface area (Å²) < 4.78 is 13.5. The second-order valence-corrected chi connectivity index (χ2v) is 11.4. The van der Waals surface area contributed by atoms with E-state index in [9.17, 15) is 9.59 Å². The number of nitrogens with zero attached hydrogens (tertiary/aromatic N) is 2. The SMILES string of the molecule is CC(NCc1ccc2ncn(-c3cc(OC(C)c4ccccc4Cl)c(C(N)=O)s3)c2c1)C(=O)OC(C)(C)C. The van der Waals surface area contributed by atoms with Crippen LogP contribution in [0.15, 0.2) is 54.9 Å². The summed E-state index contributed by atoms with van der Waals surface area (Å²) in [7, 11) is 0. The van der Waals surface area contributed by atoms with Gasteiger partial charge in [0.05, 0.1) is 11.0 Å². The number of carbonyl (C=O) groups excluding carboxylic acids is 2. The average Bonchev–Trinajstić information content (AvgIpc) is 3.45. The molecule has 38 heavy (non-hydrogen) atoms. The summed E-state index contributed by atoms with van der Waals surface area (Å²) >= 11 is 7.56. The van der Waals surface area contributed by atoms with E-state index in [1.807, 2.05) is 68.7 Å². The minimum absolute atomic E-state index is 0.306. The zero-order chi connectivity index (χ0) is 27.6. The van der Waals surface area contributed by atoms with Crippen molar-refractivity contribution < 1.29 is 19.1 Å². The van der Waals surface area contributed by atoms with Crippen molar-refractivity contribution in [1.82, 2.24) is 14.9 Å². The van der Waals surface area contributed by atoms with Crippen LogP contribution in [0.1, 0.15) is 61.5 Å². The maximum absolute atomic E-state index is 12.3. The van der Waals surface area contributed by atoms with Crippen molar-refractivity contribution in [2.45, 2.75) is 58.9 Å². The highest BCUT2D eigenvalue weighted by molar-refractivity contribution is 7.16. The Hall–Kier alpha value is -3.40. The molecule has 0 saturated heterocycles. The van der Waals surface area contributed by atoms with Crippen molar-refractivity contribution in [3.63, 3.8) is 0 Å². The molecule has 2 unspecified atom stereocenters. The number of aromatic nitrogens is 2. The van der Waals surface area contributed by atoms with Gasteiger partial charge in [-0.15, -0.1) is 11.3 Å². The number of carbonyl (C=O) groups is 2. The van der Waals surface area contributed by atoms with Crippen LogP contribution in [0.3, 0.4) is 0 Å². The molecule has 3 N–H and O–H groups in total. The van der Waals surface area contributed by atoms with E-state index < -0.39 is 23.7 Å². The van der Waals surface area contributed by atoms with Crippen molar-refractivity contribution in [3.05, 3.63) is 75.9 Å². The molecular weight excluding hydrogens is 524 g/mol. The van der Waals surface area contributed by atoms with Crippen LogP contribution in [0.2, 0.25) is 5.02 Å². The Kier molecular flexibility index (Phi) is 8.10. The summed E-state index contributed by atoms with van der Waals surface area (Å²) in [5.41, 5.74) is 8.55. The highest BCUT2D eigenvalue weighted by Gasteiger charge is 2.22. The zero-order valence-corrected chi connectivity index (χ0v) is 23.5. The lowest BCUT2D eigenvalue weighted by atomic mass is 10.1. The molecule has 4 rings (SSSR count). The Balaban J connectivity index is 1.58. The predicted molar refractivity (Wildman–Crippen MR) is 150 cm³/mol. The van der Waals surface area contributed by atoms with E-state index in [-0.39, 0.29) is 5.97 Å². The fourth-order valence-electron chi connectivity index (χ4n) is 3.88. The van der Waals surface area contributed by atoms with Crippen molar-refractivity contribution >= 4 is 45.8 Å². The molecule has 0 radical (unpaired) electrons. The lowest BCUT2D eigenvalue weighted by molar-refractivity contribution is -0.157. The van der Waals surface area contributed by atoms with Gasteiger partial charge in [-0.3, -0.25) is 14.2 Å². The number of amides is 1. The predicted octanol–water partition coefficient (Wildman–Crippen LogP) is 5.80. The van der Waals surface area contributed by atoms with Crippen molar-refractivity contribution in [2.24, 2.45) is 5.73 Å². The van der Waals surface area contributed by atoms with Crippen molar-refractivity contribution in [2.75, 3.05) is 0 Å². The number of hydrogen-bond acceptors (Lipinski definition) is 7. The molecule has 10 heteroatoms. The molecule has 8 nitrogen and oxygen atoms in total. The van der Waals surface area contributed by atoms with Gasteiger partial charge >= 0.3 is 5.97 Å². The molecule has 1 amide bonds. The maximum Gasteiger partial charge on any atom is 0.323 e. The van der Waals surface area contributed by atoms with E-state index in [2.05, 4.69) is 10.3 Å². The van der Waals surface area contributed by atoms with Gasteiger partial charge in [0.25, 0.3) is 5.91 Å². The first kappa shape index (κ1) is 27.6. The van der Waals surface area contributed by atoms with E-state index >= 15 is 0 Å². The molecule has 2 heterocycles. The molecule has 0 aliphatic carbocycles. The lowest BCUT2D eigenvalue weighted by Gasteiger charge is -2.22. The number of nitrogens with one attached hydrogen (secondary N) is 1. The number of fused-ring (bicyclic) bond motifs is 1. The first-order valence-corrected chi connectivity index (χ1v) is 13.4. The van der Waals surface area contributed by atoms with Crippen molar-refractivity contribution in [3.8, 4) is 10.8 Å². The maximum atomic E-state index is 12.3. The lowest BCUT2D eigenvalue weighted by Crippen LogP contribution is -2.38. The van der Waals surface area contributed by atoms with Gasteiger partial charge in [0, 0.05) is 23.2 Å². The molecule has 0 saturated carbocycles. The molecule has 0 bridgehead atoms. The van der Waals surface area contributed by atoms with Gasteiger partial charge in [0.1, 0.15) is 39.7 Å². The topological polar surface area (TPSA) is 108 Å². The van der Waals surface area contributed by atoms with Gasteiger partial charge in [0.2, 0.25) is 0 Å². The summed E-state index contributed by atoms with van der Waals surface area (Å²) in [6.45, 7) is 9.63. The largest absolute Gasteiger partial charge is 0.484 e. The molecule has 0 aliphatic heterocycles. The van der Waals surface area contributed by atoms with Crippen LogP contribution < -0.4 is 15.8 Å². The molecule has 200 valence electrons. The van der Waals surface area contributed by atoms with Crippen LogP contribution in [0, 0.1) is 0 Å². The summed E-state index contributed by atoms with van der Waals surface area (Å²) in [4.78, 5) is 29.4. The molecule has 0 fully saturated rings. The van der Waals surface area contributed by atoms with E-state index in [0.717, 1.165) is 27.2 Å². The molecule has 2 aromatic heterocycles. The standard InChI is InChI=1S/C28H31ClN4O4S/c1-16(27(35)37-28(3,4)5)31-14-18-10-11-21-22(12-18)33(15-32-21)24-13-23(25(38-24)26(30)34)36-17(2)19-8-6-7-9-20(19)29/h6-13,15-17,31H,14H2,1-5H3,(H2,30,34). The Bertz CT molecular complexity index is 1470. The normalized spacial score (nSPS) is 13.3. The number of nitrogens with two attached hydrogens (primary N) is 1. The number of ether oxygens (including phenoxy) is 2. The minimum Gasteiger partial charge on any atom is -0.484 e. The number of imidazole rings is 1. The Morgan fingerprint density at radius 1 is 1.16 bits per heavy atom. The minimum atomic E-state index is -0.576. The van der Waals surface area contributed by atoms with Gasteiger partial charge in [-0.05, 0) is 58.4 Å². The first-order chi connectivity index (χ1) is 17.9. The summed E-state index contributed by atoms with van der Waals surface area (Å²) in [6.07, 6.45) is 1.30. The number of halogens is 1. The number of benzene rings is 2. The van der Waals surface area contributed by atoms with Gasteiger partial charge in [-0.1, -0.05) is 35.9 Å². The fraction of sp³-hybridized carbons (Fsp3) is 0.321. The molecule has 0 spiro atoms. The fourth-order valence-corrected chi connectivity index (χ4v) is 5.10. The van der Waals surface area contributed by atoms with Crippen LogP contribution in [0.5, 0.6) is 5.75 Å². The zero-order valence-electron chi connectivity index (χ0n) is 21.9. The van der Waals surface area contributed by atoms with Crippen LogP contribution in [0.4, 0.5) is 0 Å². The third-order valence-electron chi connectivity index (χ3n) is 5.78. The van der Waals surface area contributed by atoms with Crippen LogP contribution >= 0.6 is 22.9 Å². The first-order valence-electron chi connectivity index (χ1n) is 12.2. The van der Waals surface area contributed by atoms with Gasteiger partial charge in [0.15, 0.2) is 0 Å². The third-order valence-corrected chi connectivity index (χ3v) is 7.25. The Morgan fingerprint density at radius 2 is 1.89 bits per heavy atom. The van der Waals surface area contributed by atoms with Crippen LogP contribution in [0.25, 0.3) is 16.0 Å². The molecular formula is C28H31ClN4O4S. The molecule has 2 atom stereocenters. The quantitative estimate of drug-likeness (QED) is 0.253. The number of esters is 1. The second-order valence-electron chi connectivity index (χ2n) is 10.00. The van der Waals surface area contributed by atoms with E-state index in [0.29, 0.717) is 22.2 Å². The number of thiophene rings is 1. The highest BCUT2D eigenvalue weighted by Crippen LogP contribution is 2.37. The number of rotatable bonds is 9. The summed E-state index contributed by atoms with van der Waals surface area (Å²) in [5.74, 6) is -0.497. The van der Waals surface area contributed by atoms with E-state index in [1.54, 1.807) is 25.4 Å². The Morgan fingerprint density at radius 3 is 2.58 bits per heavy atom. The third kappa shape index (κ3) is 6.35. The molecule has 0 aliphatic rings. The van der Waals surface area contributed by atoms with E-state index in [4.69, 9.17) is 26.8 Å². The van der Waals surface area contributed by atoms with E-state index in [1.165, 1.54) is 11.3 Å². The monoisotopic (exact) mass is 554 g/mol. The Labute approximate surface area is 230 Å². The second kappa shape index (κ2) is 11.1. The molecule has 4 aromatic rings. The van der Waals surface area contributed by atoms with Gasteiger partial charge < -0.3 is 20.5 Å². The average molecular weight is 555 g/mol. The van der Waals surface area contributed by atoms with Gasteiger partial charge in [-0.25, -0.2) is 4.98 Å². The summed E-state index contributed by atoms with van der Waals surface area (Å²) in [5, 5.41) is 4.53. The van der Waals surface area contributed by atoms with Crippen LogP contribution in [-0.4, -0.2) is 33.1 Å². The number of primary amides is 1. The summed E-state index contributed by atoms with van der Waals surface area (Å²) in [6, 6.07) is 14.6. The van der Waals surface area contributed by atoms with Crippen LogP contribution in [-0.2, 0) is 16.1 Å². The smallest absolute Gasteiger partial charge is 0.323 e. The number of hydrogen-bond donors (Lipinski definition) is 2. The highest BCUT2D eigenvalue weighted by atomic mass is 35.5. The molecule has 2 aromatic carbocycles. The van der Waals surface area contributed by atoms with Crippen molar-refractivity contribution in [1.29, 1.82) is 0 Å². The van der Waals surface area contributed by atoms with Gasteiger partial charge in [-0.2, -0.15) is 0 Å².